The number of nitrogens with two attached hydrogens (primary N) is 1. The van der Waals surface area contributed by atoms with Gasteiger partial charge in [-0.15, -0.1) is 0 Å². The smallest absolute Gasteiger partial charge is 0.332 e. The summed E-state index contributed by atoms with van der Waals surface area (Å²) in [7, 11) is 1.14. The Morgan fingerprint density at radius 3 is 2.46 bits per heavy atom. The number of nitrogens with zero attached hydrogens (tertiary/aromatic N) is 1. The van der Waals surface area contributed by atoms with Crippen LogP contribution < -0.4 is 5.73 Å². The molecule has 1 heterocycles. The largest absolute Gasteiger partial charge is 0.408 e. The molecule has 0 spiro atoms. The van der Waals surface area contributed by atoms with Crippen LogP contribution in [0.2, 0.25) is 0 Å². The fraction of sp³-hybridized carbons (Fsp3) is 0.857. The highest BCUT2D eigenvalue weighted by molar-refractivity contribution is 5.82. The monoisotopic (exact) mass is 196 g/mol. The van der Waals surface area contributed by atoms with Crippen molar-refractivity contribution in [3.05, 3.63) is 0 Å². The van der Waals surface area contributed by atoms with E-state index >= 15 is 0 Å². The molecule has 0 aromatic heterocycles. The van der Waals surface area contributed by atoms with Crippen molar-refractivity contribution in [3.8, 4) is 0 Å². The van der Waals surface area contributed by atoms with Crippen molar-refractivity contribution in [1.29, 1.82) is 0 Å². The second kappa shape index (κ2) is 3.17. The summed E-state index contributed by atoms with van der Waals surface area (Å²) < 4.78 is 36.8. The third kappa shape index (κ3) is 1.93. The number of alkyl halides is 3. The third-order valence-corrected chi connectivity index (χ3v) is 2.26. The SMILES string of the molecule is CN1C(=O)[C@H](N)CC[C@@H]1C(F)(F)F. The Balaban J connectivity index is 2.76. The number of hydrogen-bond acceptors (Lipinski definition) is 2. The van der Waals surface area contributed by atoms with Crippen LogP contribution in [0.3, 0.4) is 0 Å². The van der Waals surface area contributed by atoms with Gasteiger partial charge in [0.2, 0.25) is 5.91 Å². The summed E-state index contributed by atoms with van der Waals surface area (Å²) in [4.78, 5) is 11.8. The maximum atomic E-state index is 12.3. The first kappa shape index (κ1) is 10.3. The van der Waals surface area contributed by atoms with Gasteiger partial charge in [-0.05, 0) is 12.8 Å². The van der Waals surface area contributed by atoms with Gasteiger partial charge < -0.3 is 10.6 Å². The van der Waals surface area contributed by atoms with Crippen LogP contribution in [0.25, 0.3) is 0 Å². The number of carbonyl (C=O) groups is 1. The molecule has 1 amide bonds. The predicted molar refractivity (Wildman–Crippen MR) is 39.8 cm³/mol. The lowest BCUT2D eigenvalue weighted by Gasteiger charge is -2.36. The zero-order valence-corrected chi connectivity index (χ0v) is 7.14. The molecule has 0 aliphatic carbocycles. The molecule has 0 saturated carbocycles. The van der Waals surface area contributed by atoms with Gasteiger partial charge in [-0.1, -0.05) is 0 Å². The number of amides is 1. The molecule has 0 radical (unpaired) electrons. The molecule has 1 rings (SSSR count). The Labute approximate surface area is 73.7 Å². The number of rotatable bonds is 0. The average Bonchev–Trinajstić information content (AvgIpc) is 1.98. The van der Waals surface area contributed by atoms with Gasteiger partial charge in [0, 0.05) is 7.05 Å². The predicted octanol–water partition coefficient (Wildman–Crippen LogP) is 0.497. The van der Waals surface area contributed by atoms with Crippen molar-refractivity contribution in [1.82, 2.24) is 4.90 Å². The molecule has 0 aromatic rings. The minimum absolute atomic E-state index is 0.104. The van der Waals surface area contributed by atoms with Crippen molar-refractivity contribution in [2.45, 2.75) is 31.1 Å². The highest BCUT2D eigenvalue weighted by Crippen LogP contribution is 2.30. The summed E-state index contributed by atoms with van der Waals surface area (Å²) >= 11 is 0. The first-order valence-electron chi connectivity index (χ1n) is 3.93. The van der Waals surface area contributed by atoms with E-state index in [1.807, 2.05) is 0 Å². The van der Waals surface area contributed by atoms with Gasteiger partial charge in [0.15, 0.2) is 0 Å². The highest BCUT2D eigenvalue weighted by Gasteiger charge is 2.47. The topological polar surface area (TPSA) is 46.3 Å². The number of likely N-dealkylation sites (N-methyl/N-ethyl adjacent to an activating group) is 1. The van der Waals surface area contributed by atoms with Gasteiger partial charge in [0.25, 0.3) is 0 Å². The molecule has 13 heavy (non-hydrogen) atoms. The minimum atomic E-state index is -4.34. The molecule has 1 fully saturated rings. The van der Waals surface area contributed by atoms with Crippen molar-refractivity contribution in [2.75, 3.05) is 7.05 Å². The molecule has 1 aliphatic heterocycles. The molecular formula is C7H11F3N2O. The number of likely N-dealkylation sites (tertiary alicyclic amines) is 1. The Bertz CT molecular complexity index is 216. The zero-order valence-electron chi connectivity index (χ0n) is 7.14. The van der Waals surface area contributed by atoms with Crippen molar-refractivity contribution < 1.29 is 18.0 Å². The van der Waals surface area contributed by atoms with E-state index in [4.69, 9.17) is 5.73 Å². The summed E-state index contributed by atoms with van der Waals surface area (Å²) in [6.07, 6.45) is -4.34. The third-order valence-electron chi connectivity index (χ3n) is 2.26. The Morgan fingerprint density at radius 1 is 1.46 bits per heavy atom. The van der Waals surface area contributed by atoms with E-state index in [-0.39, 0.29) is 12.8 Å². The Hall–Kier alpha value is -0.780. The van der Waals surface area contributed by atoms with Gasteiger partial charge in [0.05, 0.1) is 6.04 Å². The van der Waals surface area contributed by atoms with Crippen LogP contribution in [0, 0.1) is 0 Å². The lowest BCUT2D eigenvalue weighted by molar-refractivity contribution is -0.194. The summed E-state index contributed by atoms with van der Waals surface area (Å²) in [5.74, 6) is -0.631. The van der Waals surface area contributed by atoms with Crippen LogP contribution >= 0.6 is 0 Å². The van der Waals surface area contributed by atoms with Crippen LogP contribution in [-0.2, 0) is 4.79 Å². The minimum Gasteiger partial charge on any atom is -0.332 e. The summed E-state index contributed by atoms with van der Waals surface area (Å²) in [5, 5.41) is 0. The summed E-state index contributed by atoms with van der Waals surface area (Å²) in [6, 6.07) is -2.44. The standard InChI is InChI=1S/C7H11F3N2O/c1-12-5(7(8,9)10)3-2-4(11)6(12)13/h4-5H,2-3,11H2,1H3/t4-,5-/m1/s1. The molecule has 3 nitrogen and oxygen atoms in total. The van der Waals surface area contributed by atoms with E-state index in [1.165, 1.54) is 0 Å². The van der Waals surface area contributed by atoms with Crippen LogP contribution in [0.5, 0.6) is 0 Å². The van der Waals surface area contributed by atoms with E-state index in [2.05, 4.69) is 0 Å². The molecule has 2 N–H and O–H groups in total. The maximum absolute atomic E-state index is 12.3. The summed E-state index contributed by atoms with van der Waals surface area (Å²) in [5.41, 5.74) is 5.32. The quantitative estimate of drug-likeness (QED) is 0.613. The van der Waals surface area contributed by atoms with Crippen LogP contribution in [0.4, 0.5) is 13.2 Å². The second-order valence-electron chi connectivity index (χ2n) is 3.19. The molecule has 76 valence electrons. The summed E-state index contributed by atoms with van der Waals surface area (Å²) in [6.45, 7) is 0. The molecule has 6 heteroatoms. The number of halogens is 3. The van der Waals surface area contributed by atoms with E-state index in [9.17, 15) is 18.0 Å². The maximum Gasteiger partial charge on any atom is 0.408 e. The lowest BCUT2D eigenvalue weighted by atomic mass is 9.98. The van der Waals surface area contributed by atoms with Crippen molar-refractivity contribution >= 4 is 5.91 Å². The number of hydrogen-bond donors (Lipinski definition) is 1. The fourth-order valence-corrected chi connectivity index (χ4v) is 1.45. The fourth-order valence-electron chi connectivity index (χ4n) is 1.45. The molecule has 0 aromatic carbocycles. The molecule has 0 bridgehead atoms. The van der Waals surface area contributed by atoms with Gasteiger partial charge >= 0.3 is 6.18 Å². The highest BCUT2D eigenvalue weighted by atomic mass is 19.4. The van der Waals surface area contributed by atoms with E-state index < -0.39 is 24.2 Å². The number of carbonyl (C=O) groups excluding carboxylic acids is 1. The van der Waals surface area contributed by atoms with E-state index in [0.717, 1.165) is 7.05 Å². The Morgan fingerprint density at radius 2 is 2.00 bits per heavy atom. The van der Waals surface area contributed by atoms with Gasteiger partial charge in [-0.2, -0.15) is 13.2 Å². The van der Waals surface area contributed by atoms with Crippen LogP contribution in [0.1, 0.15) is 12.8 Å². The van der Waals surface area contributed by atoms with E-state index in [0.29, 0.717) is 4.90 Å². The molecule has 1 saturated heterocycles. The van der Waals surface area contributed by atoms with E-state index in [1.54, 1.807) is 0 Å². The number of piperidine rings is 1. The zero-order chi connectivity index (χ0) is 10.2. The molecule has 1 aliphatic rings. The lowest BCUT2D eigenvalue weighted by Crippen LogP contribution is -2.56. The van der Waals surface area contributed by atoms with Gasteiger partial charge in [0.1, 0.15) is 6.04 Å². The van der Waals surface area contributed by atoms with Gasteiger partial charge in [-0.25, -0.2) is 0 Å². The van der Waals surface area contributed by atoms with Crippen LogP contribution in [-0.4, -0.2) is 36.1 Å². The normalized spacial score (nSPS) is 30.8. The first-order chi connectivity index (χ1) is 5.84. The van der Waals surface area contributed by atoms with Crippen molar-refractivity contribution in [3.63, 3.8) is 0 Å². The second-order valence-corrected chi connectivity index (χ2v) is 3.19. The average molecular weight is 196 g/mol. The Kier molecular flexibility index (Phi) is 2.51. The molecule has 2 atom stereocenters. The molecule has 0 unspecified atom stereocenters. The van der Waals surface area contributed by atoms with Gasteiger partial charge in [-0.3, -0.25) is 4.79 Å². The molecular weight excluding hydrogens is 185 g/mol. The van der Waals surface area contributed by atoms with Crippen molar-refractivity contribution in [2.24, 2.45) is 5.73 Å². The first-order valence-corrected chi connectivity index (χ1v) is 3.93. The van der Waals surface area contributed by atoms with Crippen LogP contribution in [0.15, 0.2) is 0 Å².